The summed E-state index contributed by atoms with van der Waals surface area (Å²) in [6, 6.07) is 2.76. The molecule has 1 aliphatic rings. The lowest BCUT2D eigenvalue weighted by molar-refractivity contribution is 0.169. The maximum absolute atomic E-state index is 13.1. The molecule has 0 aliphatic carbocycles. The second-order valence-corrected chi connectivity index (χ2v) is 2.63. The molecule has 0 bridgehead atoms. The number of fused-ring (bicyclic) bond motifs is 1. The number of benzene rings is 1. The SMILES string of the molecule is COc1cc2c(cc1F)OCCO2. The maximum atomic E-state index is 13.1. The fraction of sp³-hybridized carbons (Fsp3) is 0.333. The highest BCUT2D eigenvalue weighted by Crippen LogP contribution is 2.35. The molecule has 0 unspecified atom stereocenters. The van der Waals surface area contributed by atoms with Gasteiger partial charge in [0.25, 0.3) is 0 Å². The lowest BCUT2D eigenvalue weighted by Crippen LogP contribution is -2.15. The molecule has 4 heteroatoms. The molecule has 13 heavy (non-hydrogen) atoms. The van der Waals surface area contributed by atoms with Crippen molar-refractivity contribution in [2.24, 2.45) is 0 Å². The summed E-state index contributed by atoms with van der Waals surface area (Å²) in [5.41, 5.74) is 0. The van der Waals surface area contributed by atoms with Crippen molar-refractivity contribution >= 4 is 0 Å². The average molecular weight is 184 g/mol. The molecule has 0 aromatic heterocycles. The minimum absolute atomic E-state index is 0.171. The van der Waals surface area contributed by atoms with Gasteiger partial charge in [0.15, 0.2) is 23.1 Å². The molecule has 1 heterocycles. The Morgan fingerprint density at radius 2 is 1.85 bits per heavy atom. The van der Waals surface area contributed by atoms with Crippen LogP contribution in [0.2, 0.25) is 0 Å². The van der Waals surface area contributed by atoms with Gasteiger partial charge < -0.3 is 14.2 Å². The van der Waals surface area contributed by atoms with Crippen LogP contribution in [0.5, 0.6) is 17.2 Å². The van der Waals surface area contributed by atoms with E-state index in [1.165, 1.54) is 19.2 Å². The third-order valence-electron chi connectivity index (χ3n) is 1.82. The van der Waals surface area contributed by atoms with Gasteiger partial charge in [-0.25, -0.2) is 4.39 Å². The summed E-state index contributed by atoms with van der Waals surface area (Å²) < 4.78 is 28.4. The van der Waals surface area contributed by atoms with E-state index in [2.05, 4.69) is 0 Å². The number of rotatable bonds is 1. The van der Waals surface area contributed by atoms with Crippen molar-refractivity contribution in [2.75, 3.05) is 20.3 Å². The summed E-state index contributed by atoms with van der Waals surface area (Å²) in [6.07, 6.45) is 0. The van der Waals surface area contributed by atoms with Gasteiger partial charge in [-0.05, 0) is 0 Å². The molecule has 0 atom stereocenters. The average Bonchev–Trinajstić information content (AvgIpc) is 2.17. The zero-order valence-electron chi connectivity index (χ0n) is 7.17. The Morgan fingerprint density at radius 3 is 2.46 bits per heavy atom. The molecule has 0 fully saturated rings. The van der Waals surface area contributed by atoms with Crippen molar-refractivity contribution < 1.29 is 18.6 Å². The fourth-order valence-corrected chi connectivity index (χ4v) is 1.20. The van der Waals surface area contributed by atoms with Gasteiger partial charge in [0, 0.05) is 12.1 Å². The number of hydrogen-bond acceptors (Lipinski definition) is 3. The molecule has 2 rings (SSSR count). The summed E-state index contributed by atoms with van der Waals surface area (Å²) in [5.74, 6) is 0.699. The number of ether oxygens (including phenoxy) is 3. The lowest BCUT2D eigenvalue weighted by atomic mass is 10.2. The first-order chi connectivity index (χ1) is 6.31. The molecule has 1 aromatic carbocycles. The van der Waals surface area contributed by atoms with Crippen LogP contribution in [0.3, 0.4) is 0 Å². The first-order valence-corrected chi connectivity index (χ1v) is 3.94. The van der Waals surface area contributed by atoms with Crippen LogP contribution in [0.4, 0.5) is 4.39 Å². The molecule has 3 nitrogen and oxygen atoms in total. The third-order valence-corrected chi connectivity index (χ3v) is 1.82. The molecule has 1 aromatic rings. The molecule has 0 amide bonds. The standard InChI is InChI=1S/C9H9FO3/c1-11-7-5-9-8(4-6(7)10)12-2-3-13-9/h4-5H,2-3H2,1H3. The third kappa shape index (κ3) is 1.39. The van der Waals surface area contributed by atoms with Gasteiger partial charge in [0.1, 0.15) is 13.2 Å². The Hall–Kier alpha value is -1.45. The zero-order chi connectivity index (χ0) is 9.26. The first kappa shape index (κ1) is 8.16. The van der Waals surface area contributed by atoms with Crippen LogP contribution >= 0.6 is 0 Å². The number of methoxy groups -OCH3 is 1. The summed E-state index contributed by atoms with van der Waals surface area (Å²) in [4.78, 5) is 0. The van der Waals surface area contributed by atoms with Gasteiger partial charge >= 0.3 is 0 Å². The van der Waals surface area contributed by atoms with Crippen LogP contribution in [0.15, 0.2) is 12.1 Å². The van der Waals surface area contributed by atoms with Crippen LogP contribution in [-0.4, -0.2) is 20.3 Å². The first-order valence-electron chi connectivity index (χ1n) is 3.94. The van der Waals surface area contributed by atoms with E-state index in [0.717, 1.165) is 0 Å². The predicted octanol–water partition coefficient (Wildman–Crippen LogP) is 1.61. The summed E-state index contributed by atoms with van der Waals surface area (Å²) in [6.45, 7) is 0.945. The van der Waals surface area contributed by atoms with Crippen molar-refractivity contribution in [1.29, 1.82) is 0 Å². The molecule has 1 aliphatic heterocycles. The van der Waals surface area contributed by atoms with Crippen molar-refractivity contribution in [2.45, 2.75) is 0 Å². The molecule has 0 spiro atoms. The van der Waals surface area contributed by atoms with Crippen LogP contribution in [-0.2, 0) is 0 Å². The molecular formula is C9H9FO3. The maximum Gasteiger partial charge on any atom is 0.169 e. The Morgan fingerprint density at radius 1 is 1.23 bits per heavy atom. The molecule has 0 N–H and O–H groups in total. The Kier molecular flexibility index (Phi) is 1.96. The Bertz CT molecular complexity index is 325. The summed E-state index contributed by atoms with van der Waals surface area (Å²) in [7, 11) is 1.41. The zero-order valence-corrected chi connectivity index (χ0v) is 7.17. The number of halogens is 1. The minimum Gasteiger partial charge on any atom is -0.494 e. The van der Waals surface area contributed by atoms with Crippen molar-refractivity contribution in [1.82, 2.24) is 0 Å². The highest BCUT2D eigenvalue weighted by Gasteiger charge is 2.15. The van der Waals surface area contributed by atoms with Crippen molar-refractivity contribution in [3.8, 4) is 17.2 Å². The van der Waals surface area contributed by atoms with Gasteiger partial charge in [0.2, 0.25) is 0 Å². The van der Waals surface area contributed by atoms with Crippen LogP contribution in [0.1, 0.15) is 0 Å². The van der Waals surface area contributed by atoms with Crippen LogP contribution in [0, 0.1) is 5.82 Å². The van der Waals surface area contributed by atoms with E-state index < -0.39 is 5.82 Å². The highest BCUT2D eigenvalue weighted by atomic mass is 19.1. The van der Waals surface area contributed by atoms with Gasteiger partial charge in [0.05, 0.1) is 7.11 Å². The molecule has 0 saturated carbocycles. The fourth-order valence-electron chi connectivity index (χ4n) is 1.20. The van der Waals surface area contributed by atoms with E-state index in [0.29, 0.717) is 24.7 Å². The van der Waals surface area contributed by atoms with Crippen molar-refractivity contribution in [3.63, 3.8) is 0 Å². The van der Waals surface area contributed by atoms with Crippen LogP contribution in [0.25, 0.3) is 0 Å². The van der Waals surface area contributed by atoms with Gasteiger partial charge in [-0.1, -0.05) is 0 Å². The summed E-state index contributed by atoms with van der Waals surface area (Å²) in [5, 5.41) is 0. The largest absolute Gasteiger partial charge is 0.494 e. The van der Waals surface area contributed by atoms with Crippen molar-refractivity contribution in [3.05, 3.63) is 17.9 Å². The van der Waals surface area contributed by atoms with E-state index >= 15 is 0 Å². The quantitative estimate of drug-likeness (QED) is 0.663. The summed E-state index contributed by atoms with van der Waals surface area (Å²) >= 11 is 0. The van der Waals surface area contributed by atoms with Gasteiger partial charge in [-0.15, -0.1) is 0 Å². The number of hydrogen-bond donors (Lipinski definition) is 0. The van der Waals surface area contributed by atoms with E-state index in [-0.39, 0.29) is 5.75 Å². The minimum atomic E-state index is -0.438. The normalized spacial score (nSPS) is 14.0. The van der Waals surface area contributed by atoms with Gasteiger partial charge in [-0.2, -0.15) is 0 Å². The smallest absolute Gasteiger partial charge is 0.169 e. The molecular weight excluding hydrogens is 175 g/mol. The monoisotopic (exact) mass is 184 g/mol. The second-order valence-electron chi connectivity index (χ2n) is 2.63. The van der Waals surface area contributed by atoms with E-state index in [1.54, 1.807) is 0 Å². The Labute approximate surface area is 75.0 Å². The molecule has 0 radical (unpaired) electrons. The van der Waals surface area contributed by atoms with E-state index in [1.807, 2.05) is 0 Å². The van der Waals surface area contributed by atoms with E-state index in [9.17, 15) is 4.39 Å². The van der Waals surface area contributed by atoms with Crippen LogP contribution < -0.4 is 14.2 Å². The predicted molar refractivity (Wildman–Crippen MR) is 43.9 cm³/mol. The molecule has 0 saturated heterocycles. The highest BCUT2D eigenvalue weighted by molar-refractivity contribution is 5.47. The van der Waals surface area contributed by atoms with E-state index in [4.69, 9.17) is 14.2 Å². The molecule has 70 valence electrons. The lowest BCUT2D eigenvalue weighted by Gasteiger charge is -2.18. The topological polar surface area (TPSA) is 27.7 Å². The second kappa shape index (κ2) is 3.12. The van der Waals surface area contributed by atoms with Gasteiger partial charge in [-0.3, -0.25) is 0 Å². The Balaban J connectivity index is 2.44.